The van der Waals surface area contributed by atoms with E-state index in [1.807, 2.05) is 0 Å². The van der Waals surface area contributed by atoms with E-state index in [2.05, 4.69) is 5.32 Å². The molecule has 0 heterocycles. The quantitative estimate of drug-likeness (QED) is 0.583. The lowest BCUT2D eigenvalue weighted by Crippen LogP contribution is -2.25. The maximum atomic E-state index is 12.0. The number of esters is 1. The Morgan fingerprint density at radius 3 is 2.50 bits per heavy atom. The van der Waals surface area contributed by atoms with Crippen LogP contribution < -0.4 is 5.32 Å². The molecule has 5 nitrogen and oxygen atoms in total. The molecule has 0 aliphatic rings. The summed E-state index contributed by atoms with van der Waals surface area (Å²) in [6, 6.07) is 6.05. The predicted octanol–water partition coefficient (Wildman–Crippen LogP) is 1.66. The zero-order valence-electron chi connectivity index (χ0n) is 11.3. The number of hydrogen-bond donors (Lipinski definition) is 1. The van der Waals surface area contributed by atoms with Crippen molar-refractivity contribution in [3.05, 3.63) is 29.3 Å². The largest absolute Gasteiger partial charge is 0.466 e. The maximum Gasteiger partial charge on any atom is 0.307 e. The van der Waals surface area contributed by atoms with Gasteiger partial charge in [0.2, 0.25) is 0 Å². The highest BCUT2D eigenvalue weighted by Crippen LogP contribution is 2.14. The van der Waals surface area contributed by atoms with Crippen molar-refractivity contribution in [3.8, 4) is 0 Å². The number of carbonyl (C=O) groups is 1. The molecule has 0 bridgehead atoms. The van der Waals surface area contributed by atoms with Gasteiger partial charge in [-0.3, -0.25) is 4.79 Å². The van der Waals surface area contributed by atoms with E-state index in [9.17, 15) is 13.2 Å². The van der Waals surface area contributed by atoms with Crippen LogP contribution in [0.2, 0.25) is 5.02 Å². The van der Waals surface area contributed by atoms with Crippen LogP contribution >= 0.6 is 11.6 Å². The highest BCUT2D eigenvalue weighted by molar-refractivity contribution is 7.91. The van der Waals surface area contributed by atoms with Crippen LogP contribution in [0.4, 0.5) is 0 Å². The van der Waals surface area contributed by atoms with Gasteiger partial charge in [-0.25, -0.2) is 8.42 Å². The molecule has 7 heteroatoms. The Labute approximate surface area is 124 Å². The van der Waals surface area contributed by atoms with Crippen LogP contribution in [0.15, 0.2) is 29.2 Å². The summed E-state index contributed by atoms with van der Waals surface area (Å²) in [6.07, 6.45) is 0.231. The summed E-state index contributed by atoms with van der Waals surface area (Å²) < 4.78 is 28.7. The summed E-state index contributed by atoms with van der Waals surface area (Å²) in [7, 11) is -3.33. The van der Waals surface area contributed by atoms with Gasteiger partial charge in [0.1, 0.15) is 0 Å². The average Bonchev–Trinajstić information content (AvgIpc) is 2.39. The van der Waals surface area contributed by atoms with Crippen LogP contribution in [0.1, 0.15) is 13.3 Å². The molecule has 0 atom stereocenters. The predicted molar refractivity (Wildman–Crippen MR) is 77.6 cm³/mol. The lowest BCUT2D eigenvalue weighted by Gasteiger charge is -2.06. The highest BCUT2D eigenvalue weighted by Gasteiger charge is 2.13. The number of carbonyl (C=O) groups excluding carboxylic acids is 1. The molecule has 0 saturated carbocycles. The fraction of sp³-hybridized carbons (Fsp3) is 0.462. The number of sulfone groups is 1. The lowest BCUT2D eigenvalue weighted by molar-refractivity contribution is -0.142. The summed E-state index contributed by atoms with van der Waals surface area (Å²) in [6.45, 7) is 2.77. The lowest BCUT2D eigenvalue weighted by atomic mass is 10.4. The molecule has 1 aromatic rings. The number of hydrogen-bond acceptors (Lipinski definition) is 5. The van der Waals surface area contributed by atoms with E-state index >= 15 is 0 Å². The average molecular weight is 320 g/mol. The summed E-state index contributed by atoms with van der Waals surface area (Å²) in [4.78, 5) is 11.3. The summed E-state index contributed by atoms with van der Waals surface area (Å²) in [5.74, 6) is -0.321. The minimum absolute atomic E-state index is 0.0303. The third kappa shape index (κ3) is 5.90. The molecule has 1 rings (SSSR count). The zero-order chi connectivity index (χ0) is 15.0. The highest BCUT2D eigenvalue weighted by atomic mass is 35.5. The Hall–Kier alpha value is -1.11. The van der Waals surface area contributed by atoms with Crippen LogP contribution in [0.5, 0.6) is 0 Å². The molecule has 0 aromatic heterocycles. The second kappa shape index (κ2) is 8.24. The van der Waals surface area contributed by atoms with Gasteiger partial charge in [0.25, 0.3) is 0 Å². The van der Waals surface area contributed by atoms with Crippen molar-refractivity contribution in [2.45, 2.75) is 18.2 Å². The third-order valence-electron chi connectivity index (χ3n) is 2.53. The molecule has 1 N–H and O–H groups in total. The van der Waals surface area contributed by atoms with Crippen molar-refractivity contribution < 1.29 is 17.9 Å². The Balaban J connectivity index is 2.34. The molecule has 0 amide bonds. The van der Waals surface area contributed by atoms with Gasteiger partial charge in [-0.2, -0.15) is 0 Å². The van der Waals surface area contributed by atoms with E-state index in [1.165, 1.54) is 12.1 Å². The Morgan fingerprint density at radius 2 is 1.90 bits per heavy atom. The molecular weight excluding hydrogens is 302 g/mol. The van der Waals surface area contributed by atoms with Crippen molar-refractivity contribution >= 4 is 27.4 Å². The normalized spacial score (nSPS) is 11.3. The van der Waals surface area contributed by atoms with Crippen LogP contribution in [0.3, 0.4) is 0 Å². The van der Waals surface area contributed by atoms with Gasteiger partial charge in [0.15, 0.2) is 9.84 Å². The van der Waals surface area contributed by atoms with Crippen LogP contribution in [-0.4, -0.2) is 39.8 Å². The number of halogens is 1. The van der Waals surface area contributed by atoms with Crippen molar-refractivity contribution in [1.82, 2.24) is 5.32 Å². The first kappa shape index (κ1) is 16.9. The van der Waals surface area contributed by atoms with Gasteiger partial charge in [0.05, 0.1) is 23.7 Å². The van der Waals surface area contributed by atoms with Gasteiger partial charge >= 0.3 is 5.97 Å². The van der Waals surface area contributed by atoms with E-state index in [4.69, 9.17) is 16.3 Å². The van der Waals surface area contributed by atoms with E-state index in [0.29, 0.717) is 18.2 Å². The van der Waals surface area contributed by atoms with Crippen LogP contribution in [0.25, 0.3) is 0 Å². The van der Waals surface area contributed by atoms with Gasteiger partial charge in [-0.15, -0.1) is 0 Å². The molecule has 112 valence electrons. The van der Waals surface area contributed by atoms with Crippen molar-refractivity contribution in [2.24, 2.45) is 0 Å². The molecule has 1 aromatic carbocycles. The summed E-state index contributed by atoms with van der Waals surface area (Å²) in [5, 5.41) is 3.40. The first-order valence-corrected chi connectivity index (χ1v) is 8.33. The van der Waals surface area contributed by atoms with Crippen molar-refractivity contribution in [1.29, 1.82) is 0 Å². The standard InChI is InChI=1S/C13H18ClNO4S/c1-2-19-13(16)7-8-15-9-10-20(17,18)12-5-3-11(14)4-6-12/h3-6,15H,2,7-10H2,1H3. The second-order valence-electron chi connectivity index (χ2n) is 4.08. The van der Waals surface area contributed by atoms with E-state index in [1.54, 1.807) is 19.1 Å². The molecule has 0 aliphatic carbocycles. The maximum absolute atomic E-state index is 12.0. The zero-order valence-corrected chi connectivity index (χ0v) is 12.8. The van der Waals surface area contributed by atoms with Gasteiger partial charge in [-0.05, 0) is 31.2 Å². The van der Waals surface area contributed by atoms with Gasteiger partial charge in [0, 0.05) is 18.1 Å². The third-order valence-corrected chi connectivity index (χ3v) is 4.52. The Bertz CT molecular complexity index is 528. The minimum Gasteiger partial charge on any atom is -0.466 e. The molecule has 0 radical (unpaired) electrons. The molecule has 0 fully saturated rings. The summed E-state index contributed by atoms with van der Waals surface area (Å²) in [5.41, 5.74) is 0. The molecular formula is C13H18ClNO4S. The first-order chi connectivity index (χ1) is 9.45. The topological polar surface area (TPSA) is 72.5 Å². The monoisotopic (exact) mass is 319 g/mol. The molecule has 0 saturated heterocycles. The minimum atomic E-state index is -3.33. The first-order valence-electron chi connectivity index (χ1n) is 6.30. The van der Waals surface area contributed by atoms with Crippen LogP contribution in [-0.2, 0) is 19.4 Å². The Kier molecular flexibility index (Phi) is 6.98. The molecule has 0 aliphatic heterocycles. The van der Waals surface area contributed by atoms with Gasteiger partial charge < -0.3 is 10.1 Å². The number of benzene rings is 1. The molecule has 0 unspecified atom stereocenters. The number of ether oxygens (including phenoxy) is 1. The fourth-order valence-corrected chi connectivity index (χ4v) is 2.84. The smallest absolute Gasteiger partial charge is 0.307 e. The molecule has 0 spiro atoms. The fourth-order valence-electron chi connectivity index (χ4n) is 1.51. The number of rotatable bonds is 8. The molecule has 20 heavy (non-hydrogen) atoms. The number of nitrogens with one attached hydrogen (secondary N) is 1. The SMILES string of the molecule is CCOC(=O)CCNCCS(=O)(=O)c1ccc(Cl)cc1. The van der Waals surface area contributed by atoms with Crippen molar-refractivity contribution in [2.75, 3.05) is 25.4 Å². The second-order valence-corrected chi connectivity index (χ2v) is 6.62. The van der Waals surface area contributed by atoms with Crippen molar-refractivity contribution in [3.63, 3.8) is 0 Å². The van der Waals surface area contributed by atoms with E-state index in [0.717, 1.165) is 0 Å². The van der Waals surface area contributed by atoms with E-state index in [-0.39, 0.29) is 29.6 Å². The summed E-state index contributed by atoms with van der Waals surface area (Å²) >= 11 is 5.71. The van der Waals surface area contributed by atoms with E-state index < -0.39 is 9.84 Å². The van der Waals surface area contributed by atoms with Crippen LogP contribution in [0, 0.1) is 0 Å². The van der Waals surface area contributed by atoms with Gasteiger partial charge in [-0.1, -0.05) is 11.6 Å². The Morgan fingerprint density at radius 1 is 1.25 bits per heavy atom.